The fourth-order valence-corrected chi connectivity index (χ4v) is 2.06. The number of aryl methyl sites for hydroxylation is 1. The standard InChI is InChI=1S/C17H16N4O3/c1-11(8-13-6-4-3-5-7-13)17(22)18-10-15-19-16(21-24-15)14-9-12(2)23-20-14/h3-9H,10H2,1-2H3,(H,18,22). The average molecular weight is 324 g/mol. The Balaban J connectivity index is 1.60. The van der Waals surface area contributed by atoms with E-state index in [4.69, 9.17) is 9.05 Å². The Morgan fingerprint density at radius 3 is 2.71 bits per heavy atom. The minimum atomic E-state index is -0.198. The summed E-state index contributed by atoms with van der Waals surface area (Å²) in [6.45, 7) is 3.67. The van der Waals surface area contributed by atoms with Gasteiger partial charge in [0.2, 0.25) is 17.6 Å². The SMILES string of the molecule is CC(=Cc1ccccc1)C(=O)NCc1nc(-c2cc(C)on2)no1. The molecule has 0 unspecified atom stereocenters. The van der Waals surface area contributed by atoms with E-state index in [0.29, 0.717) is 28.7 Å². The number of rotatable bonds is 5. The predicted molar refractivity (Wildman–Crippen MR) is 86.5 cm³/mol. The summed E-state index contributed by atoms with van der Waals surface area (Å²) in [6.07, 6.45) is 1.81. The molecule has 1 N–H and O–H groups in total. The van der Waals surface area contributed by atoms with Gasteiger partial charge in [0.15, 0.2) is 5.69 Å². The quantitative estimate of drug-likeness (QED) is 0.725. The molecule has 0 fully saturated rings. The number of hydrogen-bond acceptors (Lipinski definition) is 6. The molecule has 122 valence electrons. The van der Waals surface area contributed by atoms with Crippen LogP contribution in [0.25, 0.3) is 17.6 Å². The maximum Gasteiger partial charge on any atom is 0.247 e. The van der Waals surface area contributed by atoms with Gasteiger partial charge in [-0.1, -0.05) is 40.6 Å². The molecular weight excluding hydrogens is 308 g/mol. The van der Waals surface area contributed by atoms with Gasteiger partial charge in [0.1, 0.15) is 5.76 Å². The summed E-state index contributed by atoms with van der Waals surface area (Å²) in [7, 11) is 0. The smallest absolute Gasteiger partial charge is 0.247 e. The monoisotopic (exact) mass is 324 g/mol. The van der Waals surface area contributed by atoms with Crippen LogP contribution in [0, 0.1) is 6.92 Å². The highest BCUT2D eigenvalue weighted by Gasteiger charge is 2.13. The van der Waals surface area contributed by atoms with E-state index in [1.54, 1.807) is 19.9 Å². The van der Waals surface area contributed by atoms with Crippen molar-refractivity contribution in [1.29, 1.82) is 0 Å². The van der Waals surface area contributed by atoms with Crippen molar-refractivity contribution >= 4 is 12.0 Å². The van der Waals surface area contributed by atoms with Crippen LogP contribution in [0.5, 0.6) is 0 Å². The highest BCUT2D eigenvalue weighted by Crippen LogP contribution is 2.15. The van der Waals surface area contributed by atoms with Crippen LogP contribution in [-0.4, -0.2) is 21.2 Å². The molecule has 0 saturated heterocycles. The van der Waals surface area contributed by atoms with Crippen LogP contribution in [-0.2, 0) is 11.3 Å². The number of nitrogens with zero attached hydrogens (tertiary/aromatic N) is 3. The Kier molecular flexibility index (Phi) is 4.51. The lowest BCUT2D eigenvalue weighted by Crippen LogP contribution is -2.23. The first-order valence-corrected chi connectivity index (χ1v) is 7.39. The largest absolute Gasteiger partial charge is 0.361 e. The summed E-state index contributed by atoms with van der Waals surface area (Å²) in [4.78, 5) is 16.3. The first-order chi connectivity index (χ1) is 11.6. The highest BCUT2D eigenvalue weighted by molar-refractivity contribution is 5.97. The van der Waals surface area contributed by atoms with Crippen molar-refractivity contribution in [2.75, 3.05) is 0 Å². The number of benzene rings is 1. The number of nitrogens with one attached hydrogen (secondary N) is 1. The Labute approximate surface area is 138 Å². The lowest BCUT2D eigenvalue weighted by Gasteiger charge is -2.02. The summed E-state index contributed by atoms with van der Waals surface area (Å²) < 4.78 is 10.1. The van der Waals surface area contributed by atoms with Crippen molar-refractivity contribution in [3.05, 3.63) is 59.2 Å². The topological polar surface area (TPSA) is 94.1 Å². The molecule has 24 heavy (non-hydrogen) atoms. The van der Waals surface area contributed by atoms with E-state index < -0.39 is 0 Å². The van der Waals surface area contributed by atoms with Crippen LogP contribution in [0.2, 0.25) is 0 Å². The van der Waals surface area contributed by atoms with Crippen LogP contribution in [0.15, 0.2) is 51.0 Å². The molecule has 0 radical (unpaired) electrons. The van der Waals surface area contributed by atoms with Crippen molar-refractivity contribution < 1.29 is 13.8 Å². The number of amides is 1. The molecule has 3 aromatic rings. The van der Waals surface area contributed by atoms with Gasteiger partial charge in [-0.15, -0.1) is 0 Å². The van der Waals surface area contributed by atoms with Gasteiger partial charge in [-0.2, -0.15) is 4.98 Å². The van der Waals surface area contributed by atoms with E-state index in [1.807, 2.05) is 36.4 Å². The van der Waals surface area contributed by atoms with E-state index in [9.17, 15) is 4.79 Å². The number of hydrogen-bond donors (Lipinski definition) is 1. The van der Waals surface area contributed by atoms with Crippen LogP contribution >= 0.6 is 0 Å². The first kappa shape index (κ1) is 15.7. The summed E-state index contributed by atoms with van der Waals surface area (Å²) in [5.74, 6) is 1.08. The van der Waals surface area contributed by atoms with E-state index >= 15 is 0 Å². The molecule has 2 heterocycles. The maximum absolute atomic E-state index is 12.1. The van der Waals surface area contributed by atoms with Gasteiger partial charge in [-0.25, -0.2) is 0 Å². The lowest BCUT2D eigenvalue weighted by atomic mass is 10.1. The number of carbonyl (C=O) groups excluding carboxylic acids is 1. The van der Waals surface area contributed by atoms with Gasteiger partial charge in [0.05, 0.1) is 6.54 Å². The molecule has 0 aliphatic heterocycles. The Morgan fingerprint density at radius 2 is 2.00 bits per heavy atom. The molecule has 0 bridgehead atoms. The summed E-state index contributed by atoms with van der Waals surface area (Å²) >= 11 is 0. The second-order valence-electron chi connectivity index (χ2n) is 5.26. The molecule has 0 spiro atoms. The normalized spacial score (nSPS) is 11.5. The predicted octanol–water partition coefficient (Wildman–Crippen LogP) is 2.75. The third-order valence-electron chi connectivity index (χ3n) is 3.27. The molecule has 0 atom stereocenters. The van der Waals surface area contributed by atoms with Gasteiger partial charge in [-0.05, 0) is 25.5 Å². The fraction of sp³-hybridized carbons (Fsp3) is 0.176. The number of carbonyl (C=O) groups is 1. The summed E-state index contributed by atoms with van der Waals surface area (Å²) in [6, 6.07) is 11.3. The second kappa shape index (κ2) is 6.91. The van der Waals surface area contributed by atoms with E-state index in [2.05, 4.69) is 20.6 Å². The molecule has 1 amide bonds. The molecule has 7 nitrogen and oxygen atoms in total. The van der Waals surface area contributed by atoms with Crippen LogP contribution < -0.4 is 5.32 Å². The maximum atomic E-state index is 12.1. The third-order valence-corrected chi connectivity index (χ3v) is 3.27. The van der Waals surface area contributed by atoms with Crippen molar-refractivity contribution in [1.82, 2.24) is 20.6 Å². The fourth-order valence-electron chi connectivity index (χ4n) is 2.06. The van der Waals surface area contributed by atoms with Crippen molar-refractivity contribution in [3.63, 3.8) is 0 Å². The molecule has 3 rings (SSSR count). The van der Waals surface area contributed by atoms with Gasteiger partial charge in [0.25, 0.3) is 0 Å². The molecule has 2 aromatic heterocycles. The van der Waals surface area contributed by atoms with Gasteiger partial charge in [-0.3, -0.25) is 4.79 Å². The van der Waals surface area contributed by atoms with E-state index in [-0.39, 0.29) is 12.5 Å². The van der Waals surface area contributed by atoms with Crippen molar-refractivity contribution in [3.8, 4) is 11.5 Å². The molecule has 1 aromatic carbocycles. The van der Waals surface area contributed by atoms with E-state index in [0.717, 1.165) is 5.56 Å². The summed E-state index contributed by atoms with van der Waals surface area (Å²) in [5, 5.41) is 10.4. The Bertz CT molecular complexity index is 865. The lowest BCUT2D eigenvalue weighted by molar-refractivity contribution is -0.117. The first-order valence-electron chi connectivity index (χ1n) is 7.39. The van der Waals surface area contributed by atoms with Crippen LogP contribution in [0.3, 0.4) is 0 Å². The minimum Gasteiger partial charge on any atom is -0.361 e. The van der Waals surface area contributed by atoms with Gasteiger partial charge in [0, 0.05) is 11.6 Å². The zero-order valence-corrected chi connectivity index (χ0v) is 13.3. The highest BCUT2D eigenvalue weighted by atomic mass is 16.5. The van der Waals surface area contributed by atoms with Gasteiger partial charge >= 0.3 is 0 Å². The number of aromatic nitrogens is 3. The molecule has 0 saturated carbocycles. The summed E-state index contributed by atoms with van der Waals surface area (Å²) in [5.41, 5.74) is 2.05. The van der Waals surface area contributed by atoms with Crippen molar-refractivity contribution in [2.24, 2.45) is 0 Å². The molecule has 0 aliphatic carbocycles. The zero-order valence-electron chi connectivity index (χ0n) is 13.3. The third kappa shape index (κ3) is 3.75. The molecular formula is C17H16N4O3. The zero-order chi connectivity index (χ0) is 16.9. The average Bonchev–Trinajstić information content (AvgIpc) is 3.22. The van der Waals surface area contributed by atoms with Crippen LogP contribution in [0.4, 0.5) is 0 Å². The second-order valence-corrected chi connectivity index (χ2v) is 5.26. The molecule has 7 heteroatoms. The van der Waals surface area contributed by atoms with E-state index in [1.165, 1.54) is 0 Å². The Hall–Kier alpha value is -3.22. The van der Waals surface area contributed by atoms with Crippen LogP contribution in [0.1, 0.15) is 24.1 Å². The minimum absolute atomic E-state index is 0.142. The molecule has 0 aliphatic rings. The Morgan fingerprint density at radius 1 is 1.21 bits per heavy atom. The van der Waals surface area contributed by atoms with Crippen molar-refractivity contribution in [2.45, 2.75) is 20.4 Å². The van der Waals surface area contributed by atoms with Gasteiger partial charge < -0.3 is 14.4 Å².